The van der Waals surface area contributed by atoms with E-state index in [4.69, 9.17) is 17.3 Å². The maximum absolute atomic E-state index is 9.83. The monoisotopic (exact) mass is 261 g/mol. The fourth-order valence-corrected chi connectivity index (χ4v) is 1.78. The van der Waals surface area contributed by atoms with Crippen LogP contribution in [0.25, 0.3) is 0 Å². The Labute approximate surface area is 108 Å². The second kappa shape index (κ2) is 6.79. The first-order valence-electron chi connectivity index (χ1n) is 4.91. The topological polar surface area (TPSA) is 46.2 Å². The van der Waals surface area contributed by atoms with E-state index in [9.17, 15) is 5.11 Å². The van der Waals surface area contributed by atoms with Crippen LogP contribution < -0.4 is 5.73 Å². The highest BCUT2D eigenvalue weighted by atomic mass is 35.5. The average Bonchev–Trinajstić information content (AvgIpc) is 2.19. The maximum atomic E-state index is 9.83. The number of aromatic hydroxyl groups is 1. The molecule has 90 valence electrons. The first-order chi connectivity index (χ1) is 7.06. The van der Waals surface area contributed by atoms with Crippen molar-refractivity contribution >= 4 is 24.0 Å². The molecule has 0 bridgehead atoms. The molecule has 0 radical (unpaired) electrons. The van der Waals surface area contributed by atoms with Gasteiger partial charge in [0.15, 0.2) is 0 Å². The lowest BCUT2D eigenvalue weighted by Gasteiger charge is -2.14. The van der Waals surface area contributed by atoms with E-state index in [1.165, 1.54) is 0 Å². The van der Waals surface area contributed by atoms with Crippen molar-refractivity contribution in [3.8, 4) is 5.75 Å². The van der Waals surface area contributed by atoms with E-state index in [1.807, 2.05) is 13.0 Å². The third-order valence-electron chi connectivity index (χ3n) is 2.38. The summed E-state index contributed by atoms with van der Waals surface area (Å²) in [6.07, 6.45) is 3.40. The minimum Gasteiger partial charge on any atom is -0.507 e. The maximum Gasteiger partial charge on any atom is 0.123 e. The number of allylic oxidation sites excluding steroid dienone is 1. The molecule has 0 fully saturated rings. The van der Waals surface area contributed by atoms with Gasteiger partial charge in [0.25, 0.3) is 0 Å². The molecule has 0 heterocycles. The van der Waals surface area contributed by atoms with Crippen LogP contribution in [-0.2, 0) is 0 Å². The highest BCUT2D eigenvalue weighted by molar-refractivity contribution is 6.30. The Morgan fingerprint density at radius 3 is 2.75 bits per heavy atom. The summed E-state index contributed by atoms with van der Waals surface area (Å²) in [7, 11) is 0. The molecule has 1 aromatic carbocycles. The van der Waals surface area contributed by atoms with Crippen molar-refractivity contribution in [1.82, 2.24) is 0 Å². The number of benzene rings is 1. The number of nitrogens with two attached hydrogens (primary N) is 1. The number of phenolic OH excluding ortho intramolecular Hbond substituents is 1. The fraction of sp³-hybridized carbons (Fsp3) is 0.333. The largest absolute Gasteiger partial charge is 0.507 e. The van der Waals surface area contributed by atoms with Gasteiger partial charge in [-0.05, 0) is 37.5 Å². The molecule has 0 aliphatic heterocycles. The Bertz CT molecular complexity index is 366. The van der Waals surface area contributed by atoms with E-state index in [0.717, 1.165) is 18.4 Å². The molecule has 0 aliphatic rings. The first kappa shape index (κ1) is 15.3. The van der Waals surface area contributed by atoms with Crippen molar-refractivity contribution < 1.29 is 5.11 Å². The number of phenols is 1. The lowest BCUT2D eigenvalue weighted by Crippen LogP contribution is -2.10. The molecular weight excluding hydrogens is 245 g/mol. The average molecular weight is 262 g/mol. The Morgan fingerprint density at radius 1 is 1.56 bits per heavy atom. The van der Waals surface area contributed by atoms with Crippen LogP contribution >= 0.6 is 24.0 Å². The summed E-state index contributed by atoms with van der Waals surface area (Å²) in [5.74, 6) is 0.246. The summed E-state index contributed by atoms with van der Waals surface area (Å²) in [6, 6.07) is 3.25. The van der Waals surface area contributed by atoms with Gasteiger partial charge in [-0.1, -0.05) is 17.7 Å². The second-order valence-corrected chi connectivity index (χ2v) is 4.07. The summed E-state index contributed by atoms with van der Waals surface area (Å²) in [5.41, 5.74) is 7.42. The minimum absolute atomic E-state index is 0. The van der Waals surface area contributed by atoms with E-state index >= 15 is 0 Å². The van der Waals surface area contributed by atoms with Crippen molar-refractivity contribution in [2.75, 3.05) is 0 Å². The molecule has 0 aliphatic carbocycles. The van der Waals surface area contributed by atoms with Crippen LogP contribution in [0.1, 0.15) is 30.0 Å². The van der Waals surface area contributed by atoms with Gasteiger partial charge in [-0.2, -0.15) is 0 Å². The van der Waals surface area contributed by atoms with Gasteiger partial charge < -0.3 is 10.8 Å². The van der Waals surface area contributed by atoms with E-state index < -0.39 is 0 Å². The number of halogens is 2. The van der Waals surface area contributed by atoms with Crippen LogP contribution in [-0.4, -0.2) is 5.11 Å². The van der Waals surface area contributed by atoms with Crippen molar-refractivity contribution in [1.29, 1.82) is 0 Å². The molecule has 0 saturated heterocycles. The summed E-state index contributed by atoms with van der Waals surface area (Å²) in [5, 5.41) is 10.4. The standard InChI is InChI=1S/C12H16ClNO.ClH/c1-3-4-5-11(14)10-7-9(13)6-8(2)12(10)15;/h3,6-7,11,15H,1,4-5,14H2,2H3;1H/t11-;/m1./s1. The summed E-state index contributed by atoms with van der Waals surface area (Å²) < 4.78 is 0. The smallest absolute Gasteiger partial charge is 0.123 e. The predicted octanol–water partition coefficient (Wildman–Crippen LogP) is 3.74. The quantitative estimate of drug-likeness (QED) is 0.812. The van der Waals surface area contributed by atoms with Gasteiger partial charge >= 0.3 is 0 Å². The lowest BCUT2D eigenvalue weighted by atomic mass is 9.99. The number of hydrogen-bond donors (Lipinski definition) is 2. The molecule has 0 saturated carbocycles. The predicted molar refractivity (Wildman–Crippen MR) is 71.5 cm³/mol. The lowest BCUT2D eigenvalue weighted by molar-refractivity contribution is 0.455. The third-order valence-corrected chi connectivity index (χ3v) is 2.59. The zero-order chi connectivity index (χ0) is 11.4. The Kier molecular flexibility index (Phi) is 6.49. The van der Waals surface area contributed by atoms with Crippen LogP contribution in [0.15, 0.2) is 24.8 Å². The van der Waals surface area contributed by atoms with Gasteiger partial charge in [-0.3, -0.25) is 0 Å². The van der Waals surface area contributed by atoms with Gasteiger partial charge in [0.1, 0.15) is 5.75 Å². The second-order valence-electron chi connectivity index (χ2n) is 3.63. The van der Waals surface area contributed by atoms with Gasteiger partial charge in [0.2, 0.25) is 0 Å². The fourth-order valence-electron chi connectivity index (χ4n) is 1.50. The molecule has 2 nitrogen and oxygen atoms in total. The normalized spacial score (nSPS) is 11.7. The Morgan fingerprint density at radius 2 is 2.19 bits per heavy atom. The van der Waals surface area contributed by atoms with E-state index in [2.05, 4.69) is 6.58 Å². The van der Waals surface area contributed by atoms with Gasteiger partial charge in [0.05, 0.1) is 0 Å². The van der Waals surface area contributed by atoms with Gasteiger partial charge in [-0.15, -0.1) is 19.0 Å². The number of aryl methyl sites for hydroxylation is 1. The molecule has 3 N–H and O–H groups in total. The minimum atomic E-state index is -0.194. The molecular formula is C12H17Cl2NO. The molecule has 4 heteroatoms. The molecule has 16 heavy (non-hydrogen) atoms. The van der Waals surface area contributed by atoms with Crippen molar-refractivity contribution in [3.63, 3.8) is 0 Å². The third kappa shape index (κ3) is 3.71. The molecule has 1 aromatic rings. The van der Waals surface area contributed by atoms with E-state index in [1.54, 1.807) is 12.1 Å². The molecule has 0 aromatic heterocycles. The SMILES string of the molecule is C=CCC[C@@H](N)c1cc(Cl)cc(C)c1O.Cl. The first-order valence-corrected chi connectivity index (χ1v) is 5.29. The zero-order valence-corrected chi connectivity index (χ0v) is 10.8. The molecule has 0 unspecified atom stereocenters. The number of hydrogen-bond acceptors (Lipinski definition) is 2. The van der Waals surface area contributed by atoms with E-state index in [-0.39, 0.29) is 24.2 Å². The van der Waals surface area contributed by atoms with Crippen LogP contribution in [0.5, 0.6) is 5.75 Å². The van der Waals surface area contributed by atoms with Crippen molar-refractivity contribution in [2.45, 2.75) is 25.8 Å². The van der Waals surface area contributed by atoms with Gasteiger partial charge in [0, 0.05) is 16.6 Å². The highest BCUT2D eigenvalue weighted by Crippen LogP contribution is 2.31. The van der Waals surface area contributed by atoms with Crippen LogP contribution in [0.3, 0.4) is 0 Å². The Hall–Kier alpha value is -0.700. The Balaban J connectivity index is 0.00000225. The molecule has 1 atom stereocenters. The van der Waals surface area contributed by atoms with Crippen LogP contribution in [0.2, 0.25) is 5.02 Å². The van der Waals surface area contributed by atoms with Crippen molar-refractivity contribution in [2.24, 2.45) is 5.73 Å². The summed E-state index contributed by atoms with van der Waals surface area (Å²) in [4.78, 5) is 0. The summed E-state index contributed by atoms with van der Waals surface area (Å²) >= 11 is 5.91. The zero-order valence-electron chi connectivity index (χ0n) is 9.24. The molecule has 1 rings (SSSR count). The van der Waals surface area contributed by atoms with E-state index in [0.29, 0.717) is 10.6 Å². The van der Waals surface area contributed by atoms with Crippen LogP contribution in [0, 0.1) is 6.92 Å². The summed E-state index contributed by atoms with van der Waals surface area (Å²) in [6.45, 7) is 5.45. The molecule has 0 spiro atoms. The molecule has 0 amide bonds. The highest BCUT2D eigenvalue weighted by Gasteiger charge is 2.12. The van der Waals surface area contributed by atoms with Gasteiger partial charge in [-0.25, -0.2) is 0 Å². The number of rotatable bonds is 4. The van der Waals surface area contributed by atoms with Crippen LogP contribution in [0.4, 0.5) is 0 Å². The van der Waals surface area contributed by atoms with Crippen molar-refractivity contribution in [3.05, 3.63) is 40.9 Å².